The van der Waals surface area contributed by atoms with Crippen LogP contribution in [0.5, 0.6) is 5.75 Å². The molecule has 1 aromatic heterocycles. The van der Waals surface area contributed by atoms with E-state index < -0.39 is 35.0 Å². The number of carbonyl (C=O) groups is 1. The standard InChI is InChI=1S/C26H18BrCl2F3N2O4S/c1-3-9-38-21-14(10-16(29)12-17(21)27)11-18-23(35)34-20(13-5-7-15(28)8-6-13)19(24(36)37-4-2)22(26(30,31)32)33-25(34)39-18/h3,5-8,10-12,20H,1,4,9H2,2H3/b18-11-/t20-/m1/s1. The second kappa shape index (κ2) is 11.7. The van der Waals surface area contributed by atoms with Gasteiger partial charge in [0.1, 0.15) is 12.4 Å². The molecule has 0 N–H and O–H groups in total. The van der Waals surface area contributed by atoms with Crippen LogP contribution >= 0.6 is 50.5 Å². The van der Waals surface area contributed by atoms with Crippen LogP contribution in [0.3, 0.4) is 0 Å². The third kappa shape index (κ3) is 6.01. The Kier molecular flexibility index (Phi) is 8.75. The van der Waals surface area contributed by atoms with Crippen molar-refractivity contribution in [3.8, 4) is 5.75 Å². The van der Waals surface area contributed by atoms with Gasteiger partial charge in [-0.05, 0) is 58.8 Å². The summed E-state index contributed by atoms with van der Waals surface area (Å²) in [5.74, 6) is -0.885. The first-order valence-electron chi connectivity index (χ1n) is 11.2. The summed E-state index contributed by atoms with van der Waals surface area (Å²) in [5.41, 5.74) is -2.30. The molecule has 0 saturated heterocycles. The molecule has 3 aromatic rings. The Bertz CT molecular complexity index is 1660. The Morgan fingerprint density at radius 2 is 1.92 bits per heavy atom. The first-order chi connectivity index (χ1) is 18.5. The summed E-state index contributed by atoms with van der Waals surface area (Å²) in [6.45, 7) is 5.05. The monoisotopic (exact) mass is 660 g/mol. The number of alkyl halides is 3. The Morgan fingerprint density at radius 3 is 2.54 bits per heavy atom. The van der Waals surface area contributed by atoms with Crippen molar-refractivity contribution >= 4 is 62.5 Å². The maximum Gasteiger partial charge on any atom is 0.434 e. The van der Waals surface area contributed by atoms with E-state index in [1.54, 1.807) is 12.1 Å². The van der Waals surface area contributed by atoms with Gasteiger partial charge in [-0.3, -0.25) is 9.36 Å². The molecule has 2 aromatic carbocycles. The summed E-state index contributed by atoms with van der Waals surface area (Å²) in [4.78, 5) is 30.1. The molecule has 0 fully saturated rings. The predicted octanol–water partition coefficient (Wildman–Crippen LogP) is 5.97. The SMILES string of the molecule is C=CCOc1c(Br)cc(Cl)cc1/C=c1\sc2n(c1=O)[C@H](c1ccc(Cl)cc1)C(C(=O)OCC)=C(C(F)(F)F)N=2. The number of halogens is 6. The highest BCUT2D eigenvalue weighted by atomic mass is 79.9. The van der Waals surface area contributed by atoms with Crippen molar-refractivity contribution in [1.29, 1.82) is 0 Å². The fourth-order valence-corrected chi connectivity index (χ4v) is 5.99. The molecule has 204 valence electrons. The fraction of sp³-hybridized carbons (Fsp3) is 0.192. The molecule has 2 heterocycles. The van der Waals surface area contributed by atoms with Crippen molar-refractivity contribution in [2.75, 3.05) is 13.2 Å². The lowest BCUT2D eigenvalue weighted by molar-refractivity contribution is -0.140. The van der Waals surface area contributed by atoms with Crippen LogP contribution in [0.2, 0.25) is 10.0 Å². The van der Waals surface area contributed by atoms with Gasteiger partial charge in [0, 0.05) is 15.6 Å². The average Bonchev–Trinajstić information content (AvgIpc) is 3.17. The van der Waals surface area contributed by atoms with E-state index in [9.17, 15) is 22.8 Å². The largest absolute Gasteiger partial charge is 0.488 e. The van der Waals surface area contributed by atoms with Crippen molar-refractivity contribution in [3.05, 3.63) is 106 Å². The molecule has 6 nitrogen and oxygen atoms in total. The van der Waals surface area contributed by atoms with Crippen LogP contribution in [0, 0.1) is 0 Å². The number of thiazole rings is 1. The lowest BCUT2D eigenvalue weighted by Gasteiger charge is -2.26. The van der Waals surface area contributed by atoms with Gasteiger partial charge in [0.25, 0.3) is 5.56 Å². The van der Waals surface area contributed by atoms with Gasteiger partial charge in [-0.25, -0.2) is 9.79 Å². The van der Waals surface area contributed by atoms with Crippen molar-refractivity contribution in [1.82, 2.24) is 4.57 Å². The first-order valence-corrected chi connectivity index (χ1v) is 13.6. The summed E-state index contributed by atoms with van der Waals surface area (Å²) in [5, 5.41) is 0.650. The Labute approximate surface area is 242 Å². The molecule has 1 aliphatic heterocycles. The molecule has 0 aliphatic carbocycles. The summed E-state index contributed by atoms with van der Waals surface area (Å²) in [6.07, 6.45) is -2.04. The minimum Gasteiger partial charge on any atom is -0.488 e. The quantitative estimate of drug-likeness (QED) is 0.231. The fourth-order valence-electron chi connectivity index (χ4n) is 3.92. The van der Waals surface area contributed by atoms with Crippen LogP contribution < -0.4 is 19.6 Å². The van der Waals surface area contributed by atoms with E-state index >= 15 is 0 Å². The van der Waals surface area contributed by atoms with Crippen LogP contribution in [0.15, 0.2) is 74.6 Å². The highest BCUT2D eigenvalue weighted by Gasteiger charge is 2.45. The molecular weight excluding hydrogens is 644 g/mol. The van der Waals surface area contributed by atoms with Crippen LogP contribution in [-0.2, 0) is 9.53 Å². The molecule has 0 unspecified atom stereocenters. The van der Waals surface area contributed by atoms with E-state index in [-0.39, 0.29) is 28.1 Å². The van der Waals surface area contributed by atoms with Gasteiger partial charge in [0.15, 0.2) is 10.5 Å². The minimum absolute atomic E-state index is 0.0389. The number of benzene rings is 2. The number of allylic oxidation sites excluding steroid dienone is 1. The van der Waals surface area contributed by atoms with Crippen LogP contribution in [0.25, 0.3) is 6.08 Å². The van der Waals surface area contributed by atoms with E-state index in [0.717, 1.165) is 15.9 Å². The van der Waals surface area contributed by atoms with Crippen LogP contribution in [0.4, 0.5) is 13.2 Å². The molecule has 39 heavy (non-hydrogen) atoms. The third-order valence-electron chi connectivity index (χ3n) is 5.45. The topological polar surface area (TPSA) is 69.9 Å². The van der Waals surface area contributed by atoms with E-state index in [1.165, 1.54) is 43.3 Å². The predicted molar refractivity (Wildman–Crippen MR) is 147 cm³/mol. The summed E-state index contributed by atoms with van der Waals surface area (Å²) in [7, 11) is 0. The number of ether oxygens (including phenoxy) is 2. The third-order valence-corrected chi connectivity index (χ3v) is 7.49. The van der Waals surface area contributed by atoms with E-state index in [4.69, 9.17) is 32.7 Å². The summed E-state index contributed by atoms with van der Waals surface area (Å²) < 4.78 is 55.0. The molecule has 0 spiro atoms. The van der Waals surface area contributed by atoms with Gasteiger partial charge in [0.05, 0.1) is 27.2 Å². The average molecular weight is 662 g/mol. The van der Waals surface area contributed by atoms with Gasteiger partial charge in [-0.1, -0.05) is 59.3 Å². The molecule has 1 atom stereocenters. The molecule has 0 radical (unpaired) electrons. The normalized spacial score (nSPS) is 15.6. The van der Waals surface area contributed by atoms with Crippen LogP contribution in [0.1, 0.15) is 24.1 Å². The Morgan fingerprint density at radius 1 is 1.23 bits per heavy atom. The number of rotatable bonds is 7. The second-order valence-corrected chi connectivity index (χ2v) is 10.8. The summed E-state index contributed by atoms with van der Waals surface area (Å²) >= 11 is 16.3. The molecule has 0 bridgehead atoms. The molecule has 0 saturated carbocycles. The molecule has 4 rings (SSSR count). The number of fused-ring (bicyclic) bond motifs is 1. The highest BCUT2D eigenvalue weighted by molar-refractivity contribution is 9.10. The lowest BCUT2D eigenvalue weighted by atomic mass is 9.95. The van der Waals surface area contributed by atoms with Crippen molar-refractivity contribution in [2.45, 2.75) is 19.1 Å². The zero-order valence-corrected chi connectivity index (χ0v) is 23.9. The minimum atomic E-state index is -5.01. The lowest BCUT2D eigenvalue weighted by Crippen LogP contribution is -2.41. The maximum absolute atomic E-state index is 14.2. The Balaban J connectivity index is 2.05. The second-order valence-electron chi connectivity index (χ2n) is 8.02. The zero-order chi connectivity index (χ0) is 28.5. The van der Waals surface area contributed by atoms with Gasteiger partial charge in [0.2, 0.25) is 0 Å². The van der Waals surface area contributed by atoms with E-state index in [1.807, 2.05) is 0 Å². The molecule has 13 heteroatoms. The van der Waals surface area contributed by atoms with Gasteiger partial charge in [-0.15, -0.1) is 0 Å². The number of esters is 1. The smallest absolute Gasteiger partial charge is 0.434 e. The van der Waals surface area contributed by atoms with Gasteiger partial charge in [-0.2, -0.15) is 13.2 Å². The van der Waals surface area contributed by atoms with Crippen molar-refractivity contribution in [3.63, 3.8) is 0 Å². The van der Waals surface area contributed by atoms with Gasteiger partial charge >= 0.3 is 12.1 Å². The number of nitrogens with zero attached hydrogens (tertiary/aromatic N) is 2. The van der Waals surface area contributed by atoms with Crippen LogP contribution in [-0.4, -0.2) is 29.9 Å². The van der Waals surface area contributed by atoms with E-state index in [0.29, 0.717) is 25.8 Å². The number of carbonyl (C=O) groups excluding carboxylic acids is 1. The van der Waals surface area contributed by atoms with Crippen molar-refractivity contribution < 1.29 is 27.4 Å². The molecule has 0 amide bonds. The molecular formula is C26H18BrCl2F3N2O4S. The van der Waals surface area contributed by atoms with Gasteiger partial charge < -0.3 is 9.47 Å². The number of hydrogen-bond donors (Lipinski definition) is 0. The molecule has 1 aliphatic rings. The maximum atomic E-state index is 14.2. The van der Waals surface area contributed by atoms with Crippen molar-refractivity contribution in [2.24, 2.45) is 4.99 Å². The summed E-state index contributed by atoms with van der Waals surface area (Å²) in [6, 6.07) is 7.46. The Hall–Kier alpha value is -2.86. The number of aromatic nitrogens is 1. The highest BCUT2D eigenvalue weighted by Crippen LogP contribution is 2.39. The first kappa shape index (κ1) is 29.1. The number of hydrogen-bond acceptors (Lipinski definition) is 6. The van der Waals surface area contributed by atoms with E-state index in [2.05, 4.69) is 27.5 Å². The zero-order valence-electron chi connectivity index (χ0n) is 20.0.